The molecule has 1 unspecified atom stereocenters. The number of hydrazine groups is 1. The second-order valence-corrected chi connectivity index (χ2v) is 4.87. The molecule has 9 heteroatoms. The van der Waals surface area contributed by atoms with E-state index >= 15 is 0 Å². The second-order valence-electron chi connectivity index (χ2n) is 4.87. The Kier molecular flexibility index (Phi) is 4.53. The molecule has 1 aromatic heterocycles. The fourth-order valence-electron chi connectivity index (χ4n) is 2.45. The summed E-state index contributed by atoms with van der Waals surface area (Å²) in [5, 5.41) is 13.6. The average molecular weight is 294 g/mol. The highest BCUT2D eigenvalue weighted by Crippen LogP contribution is 2.27. The van der Waals surface area contributed by atoms with E-state index in [-0.39, 0.29) is 23.3 Å². The maximum atomic E-state index is 11.7. The van der Waals surface area contributed by atoms with Crippen LogP contribution in [0.2, 0.25) is 0 Å². The first-order chi connectivity index (χ1) is 10.0. The van der Waals surface area contributed by atoms with Crippen LogP contribution in [0.1, 0.15) is 12.8 Å². The Morgan fingerprint density at radius 1 is 1.57 bits per heavy atom. The van der Waals surface area contributed by atoms with Crippen LogP contribution in [0.5, 0.6) is 0 Å². The van der Waals surface area contributed by atoms with E-state index in [1.54, 1.807) is 7.05 Å². The van der Waals surface area contributed by atoms with Crippen LogP contribution in [-0.2, 0) is 4.79 Å². The fourth-order valence-corrected chi connectivity index (χ4v) is 2.45. The largest absolute Gasteiger partial charge is 0.359 e. The first-order valence-corrected chi connectivity index (χ1v) is 6.64. The van der Waals surface area contributed by atoms with Crippen LogP contribution in [0, 0.1) is 16.0 Å². The number of piperidine rings is 1. The molecule has 2 rings (SSSR count). The van der Waals surface area contributed by atoms with Gasteiger partial charge in [0.05, 0.1) is 23.0 Å². The van der Waals surface area contributed by atoms with E-state index in [9.17, 15) is 14.9 Å². The molecular weight excluding hydrogens is 276 g/mol. The molecule has 114 valence electrons. The summed E-state index contributed by atoms with van der Waals surface area (Å²) in [5.41, 5.74) is 2.24. The molecule has 1 saturated heterocycles. The highest BCUT2D eigenvalue weighted by atomic mass is 16.6. The van der Waals surface area contributed by atoms with Gasteiger partial charge in [0, 0.05) is 20.1 Å². The number of rotatable bonds is 4. The zero-order valence-corrected chi connectivity index (χ0v) is 11.7. The number of nitro groups is 1. The van der Waals surface area contributed by atoms with Crippen molar-refractivity contribution in [1.82, 2.24) is 10.3 Å². The van der Waals surface area contributed by atoms with Crippen molar-refractivity contribution in [3.05, 3.63) is 22.2 Å². The monoisotopic (exact) mass is 294 g/mol. The smallest absolute Gasteiger partial charge is 0.276 e. The summed E-state index contributed by atoms with van der Waals surface area (Å²) in [4.78, 5) is 28.3. The van der Waals surface area contributed by atoms with E-state index in [0.29, 0.717) is 18.9 Å². The quantitative estimate of drug-likeness (QED) is 0.412. The third-order valence-corrected chi connectivity index (χ3v) is 3.52. The fraction of sp³-hybridized carbons (Fsp3) is 0.500. The van der Waals surface area contributed by atoms with Crippen molar-refractivity contribution in [2.45, 2.75) is 12.8 Å². The second kappa shape index (κ2) is 6.35. The summed E-state index contributed by atoms with van der Waals surface area (Å²) in [6.45, 7) is 1.18. The predicted octanol–water partition coefficient (Wildman–Crippen LogP) is 0.238. The first kappa shape index (κ1) is 15.0. The van der Waals surface area contributed by atoms with Gasteiger partial charge in [-0.05, 0) is 12.8 Å². The van der Waals surface area contributed by atoms with E-state index in [0.717, 1.165) is 12.8 Å². The SMILES string of the molecule is CNC(=O)C1CCCN(c2cc([N+](=O)[O-])cc(NN)n2)C1. The number of hydrogen-bond acceptors (Lipinski definition) is 7. The van der Waals surface area contributed by atoms with Crippen molar-refractivity contribution in [2.24, 2.45) is 11.8 Å². The van der Waals surface area contributed by atoms with Gasteiger partial charge in [-0.25, -0.2) is 10.8 Å². The van der Waals surface area contributed by atoms with E-state index in [1.807, 2.05) is 4.90 Å². The van der Waals surface area contributed by atoms with Gasteiger partial charge in [-0.2, -0.15) is 0 Å². The number of pyridine rings is 1. The number of nitrogens with zero attached hydrogens (tertiary/aromatic N) is 3. The number of nitrogen functional groups attached to an aromatic ring is 1. The molecule has 1 amide bonds. The third kappa shape index (κ3) is 3.37. The van der Waals surface area contributed by atoms with E-state index < -0.39 is 4.92 Å². The minimum absolute atomic E-state index is 0.0256. The van der Waals surface area contributed by atoms with Crippen molar-refractivity contribution >= 4 is 23.2 Å². The van der Waals surface area contributed by atoms with Crippen molar-refractivity contribution < 1.29 is 9.72 Å². The molecule has 1 aliphatic heterocycles. The minimum Gasteiger partial charge on any atom is -0.359 e. The Morgan fingerprint density at radius 2 is 2.33 bits per heavy atom. The topological polar surface area (TPSA) is 126 Å². The van der Waals surface area contributed by atoms with E-state index in [4.69, 9.17) is 5.84 Å². The average Bonchev–Trinajstić information content (AvgIpc) is 2.53. The molecule has 0 saturated carbocycles. The van der Waals surface area contributed by atoms with Crippen LogP contribution in [-0.4, -0.2) is 36.0 Å². The molecule has 0 aromatic carbocycles. The summed E-state index contributed by atoms with van der Waals surface area (Å²) < 4.78 is 0. The van der Waals surface area contributed by atoms with Crippen molar-refractivity contribution in [2.75, 3.05) is 30.5 Å². The Balaban J connectivity index is 2.26. The van der Waals surface area contributed by atoms with Crippen LogP contribution in [0.3, 0.4) is 0 Å². The Bertz CT molecular complexity index is 550. The molecule has 1 atom stereocenters. The molecule has 0 bridgehead atoms. The first-order valence-electron chi connectivity index (χ1n) is 6.64. The number of anilines is 2. The molecule has 1 aromatic rings. The van der Waals surface area contributed by atoms with E-state index in [2.05, 4.69) is 15.7 Å². The van der Waals surface area contributed by atoms with Gasteiger partial charge in [0.2, 0.25) is 5.91 Å². The standard InChI is InChI=1S/C12H18N6O3/c1-14-12(19)8-3-2-4-17(7-8)11-6-9(18(20)21)5-10(15-11)16-13/h5-6,8H,2-4,7,13H2,1H3,(H,14,19)(H,15,16). The lowest BCUT2D eigenvalue weighted by molar-refractivity contribution is -0.384. The molecule has 1 aliphatic rings. The van der Waals surface area contributed by atoms with Crippen LogP contribution in [0.25, 0.3) is 0 Å². The zero-order chi connectivity index (χ0) is 15.4. The molecule has 1 fully saturated rings. The number of carbonyl (C=O) groups excluding carboxylic acids is 1. The molecule has 4 N–H and O–H groups in total. The Hall–Kier alpha value is -2.42. The number of carbonyl (C=O) groups is 1. The normalized spacial score (nSPS) is 18.2. The maximum Gasteiger partial charge on any atom is 0.276 e. The van der Waals surface area contributed by atoms with Gasteiger partial charge < -0.3 is 15.6 Å². The van der Waals surface area contributed by atoms with Gasteiger partial charge in [-0.3, -0.25) is 14.9 Å². The summed E-state index contributed by atoms with van der Waals surface area (Å²) in [7, 11) is 1.60. The van der Waals surface area contributed by atoms with Crippen molar-refractivity contribution in [1.29, 1.82) is 0 Å². The number of amides is 1. The third-order valence-electron chi connectivity index (χ3n) is 3.52. The van der Waals surface area contributed by atoms with Gasteiger partial charge in [0.1, 0.15) is 11.6 Å². The van der Waals surface area contributed by atoms with Crippen LogP contribution >= 0.6 is 0 Å². The van der Waals surface area contributed by atoms with Gasteiger partial charge >= 0.3 is 0 Å². The molecule has 0 radical (unpaired) electrons. The number of nitrogens with one attached hydrogen (secondary N) is 2. The lowest BCUT2D eigenvalue weighted by Gasteiger charge is -2.32. The summed E-state index contributed by atoms with van der Waals surface area (Å²) >= 11 is 0. The van der Waals surface area contributed by atoms with Gasteiger partial charge in [-0.15, -0.1) is 0 Å². The molecule has 0 aliphatic carbocycles. The Labute approximate surface area is 121 Å². The predicted molar refractivity (Wildman–Crippen MR) is 77.7 cm³/mol. The zero-order valence-electron chi connectivity index (χ0n) is 11.7. The van der Waals surface area contributed by atoms with Crippen molar-refractivity contribution in [3.8, 4) is 0 Å². The van der Waals surface area contributed by atoms with Crippen LogP contribution in [0.15, 0.2) is 12.1 Å². The van der Waals surface area contributed by atoms with Gasteiger partial charge in [-0.1, -0.05) is 0 Å². The van der Waals surface area contributed by atoms with Crippen molar-refractivity contribution in [3.63, 3.8) is 0 Å². The van der Waals surface area contributed by atoms with Gasteiger partial charge in [0.25, 0.3) is 5.69 Å². The Morgan fingerprint density at radius 3 is 2.95 bits per heavy atom. The maximum absolute atomic E-state index is 11.7. The summed E-state index contributed by atoms with van der Waals surface area (Å²) in [6.07, 6.45) is 1.63. The van der Waals surface area contributed by atoms with E-state index in [1.165, 1.54) is 12.1 Å². The lowest BCUT2D eigenvalue weighted by Crippen LogP contribution is -2.42. The number of hydrogen-bond donors (Lipinski definition) is 3. The van der Waals surface area contributed by atoms with Crippen LogP contribution < -0.4 is 21.5 Å². The molecule has 0 spiro atoms. The summed E-state index contributed by atoms with van der Waals surface area (Å²) in [6, 6.07) is 2.66. The van der Waals surface area contributed by atoms with Gasteiger partial charge in [0.15, 0.2) is 0 Å². The minimum atomic E-state index is -0.494. The molecule has 9 nitrogen and oxygen atoms in total. The lowest BCUT2D eigenvalue weighted by atomic mass is 9.97. The summed E-state index contributed by atoms with van der Waals surface area (Å²) in [5.74, 6) is 5.80. The molecular formula is C12H18N6O3. The number of nitrogens with two attached hydrogens (primary N) is 1. The van der Waals surface area contributed by atoms with Crippen LogP contribution in [0.4, 0.5) is 17.3 Å². The molecule has 2 heterocycles. The highest BCUT2D eigenvalue weighted by molar-refractivity contribution is 5.79. The number of aromatic nitrogens is 1. The molecule has 21 heavy (non-hydrogen) atoms. The highest BCUT2D eigenvalue weighted by Gasteiger charge is 2.27.